The summed E-state index contributed by atoms with van der Waals surface area (Å²) in [4.78, 5) is 15.9. The Labute approximate surface area is 379 Å². The molecule has 0 amide bonds. The first-order valence-electron chi connectivity index (χ1n) is 22.4. The van der Waals surface area contributed by atoms with E-state index in [0.29, 0.717) is 17.6 Å². The summed E-state index contributed by atoms with van der Waals surface area (Å²) < 4.78 is 4.69. The first-order chi connectivity index (χ1) is 32.7. The smallest absolute Gasteiger partial charge is 0.238 e. The molecule has 5 heteroatoms. The van der Waals surface area contributed by atoms with Crippen LogP contribution in [0.15, 0.2) is 224 Å². The fraction of sp³-hybridized carbons (Fsp3) is 0. The van der Waals surface area contributed by atoms with Crippen molar-refractivity contribution >= 4 is 86.7 Å². The lowest BCUT2D eigenvalue weighted by Gasteiger charge is -2.14. The largest absolute Gasteiger partial charge is 0.307 e. The zero-order valence-corrected chi connectivity index (χ0v) is 35.6. The molecule has 5 nitrogen and oxygen atoms in total. The molecule has 0 radical (unpaired) electrons. The Hall–Kier alpha value is -8.93. The van der Waals surface area contributed by atoms with Crippen molar-refractivity contribution in [1.82, 2.24) is 24.1 Å². The van der Waals surface area contributed by atoms with Crippen molar-refractivity contribution in [3.8, 4) is 45.5 Å². The summed E-state index contributed by atoms with van der Waals surface area (Å²) in [6.07, 6.45) is 0. The molecule has 0 N–H and O–H groups in total. The van der Waals surface area contributed by atoms with E-state index in [0.717, 1.165) is 66.0 Å². The van der Waals surface area contributed by atoms with Gasteiger partial charge in [0.05, 0.1) is 22.1 Å². The van der Waals surface area contributed by atoms with E-state index in [-0.39, 0.29) is 0 Å². The van der Waals surface area contributed by atoms with E-state index in [4.69, 9.17) is 15.0 Å². The minimum atomic E-state index is 0.564. The lowest BCUT2D eigenvalue weighted by molar-refractivity contribution is 0.953. The molecule has 0 saturated carbocycles. The molecule has 14 aromatic rings. The van der Waals surface area contributed by atoms with E-state index in [1.807, 2.05) is 18.2 Å². The summed E-state index contributed by atoms with van der Waals surface area (Å²) in [6, 6.07) is 80.5. The predicted octanol–water partition coefficient (Wildman–Crippen LogP) is 15.7. The fourth-order valence-corrected chi connectivity index (χ4v) is 10.5. The van der Waals surface area contributed by atoms with Crippen LogP contribution in [0.4, 0.5) is 0 Å². The second-order valence-electron chi connectivity index (χ2n) is 17.2. The molecule has 0 saturated heterocycles. The molecule has 11 aromatic carbocycles. The molecule has 0 aliphatic carbocycles. The van der Waals surface area contributed by atoms with Gasteiger partial charge < -0.3 is 4.57 Å². The number of aromatic nitrogens is 5. The average Bonchev–Trinajstić information content (AvgIpc) is 3.92. The molecule has 0 unspecified atom stereocenters. The van der Waals surface area contributed by atoms with E-state index in [2.05, 4.69) is 215 Å². The number of para-hydroxylation sites is 2. The Balaban J connectivity index is 1.01. The monoisotopic (exact) mass is 839 g/mol. The van der Waals surface area contributed by atoms with Gasteiger partial charge in [-0.25, -0.2) is 4.98 Å². The summed E-state index contributed by atoms with van der Waals surface area (Å²) in [6.45, 7) is 0. The molecule has 0 atom stereocenters. The molecule has 3 heterocycles. The Kier molecular flexibility index (Phi) is 7.91. The molecule has 3 aromatic heterocycles. The second kappa shape index (κ2) is 14.3. The Bertz CT molecular complexity index is 4240. The van der Waals surface area contributed by atoms with Crippen LogP contribution in [0.5, 0.6) is 0 Å². The van der Waals surface area contributed by atoms with Crippen LogP contribution in [0.25, 0.3) is 132 Å². The van der Waals surface area contributed by atoms with Crippen molar-refractivity contribution in [2.75, 3.05) is 0 Å². The third-order valence-corrected chi connectivity index (χ3v) is 13.5. The molecule has 306 valence electrons. The highest BCUT2D eigenvalue weighted by molar-refractivity contribution is 6.26. The van der Waals surface area contributed by atoms with Crippen molar-refractivity contribution in [2.45, 2.75) is 0 Å². The number of hydrogen-bond donors (Lipinski definition) is 0. The maximum absolute atomic E-state index is 5.38. The number of hydrogen-bond acceptors (Lipinski definition) is 3. The van der Waals surface area contributed by atoms with Crippen molar-refractivity contribution in [3.05, 3.63) is 224 Å². The fourth-order valence-electron chi connectivity index (χ4n) is 10.5. The lowest BCUT2D eigenvalue weighted by Crippen LogP contribution is -2.07. The number of rotatable bonds is 5. The molecular weight excluding hydrogens is 803 g/mol. The molecule has 0 aliphatic rings. The zero-order valence-electron chi connectivity index (χ0n) is 35.6. The summed E-state index contributed by atoms with van der Waals surface area (Å²) in [5, 5.41) is 14.6. The van der Waals surface area contributed by atoms with E-state index in [9.17, 15) is 0 Å². The number of benzene rings is 11. The van der Waals surface area contributed by atoms with Crippen LogP contribution in [0, 0.1) is 0 Å². The first kappa shape index (κ1) is 36.5. The van der Waals surface area contributed by atoms with Gasteiger partial charge >= 0.3 is 0 Å². The van der Waals surface area contributed by atoms with Crippen LogP contribution in [-0.4, -0.2) is 24.1 Å². The van der Waals surface area contributed by atoms with Crippen molar-refractivity contribution < 1.29 is 0 Å². The van der Waals surface area contributed by atoms with Gasteiger partial charge in [0.1, 0.15) is 0 Å². The minimum absolute atomic E-state index is 0.564. The Morgan fingerprint density at radius 3 is 1.39 bits per heavy atom. The SMILES string of the molecule is c1ccc(-c2nc(-c3ccc4ccccc4c3)nc(-n3c4ccccc4c4ccc5c6ccccc6n(-c6ccc(-c7ccc8c9ccccc9c9ccccc9c8c7)cc6)c5c43)n2)cc1. The molecular formula is C61H37N5. The summed E-state index contributed by atoms with van der Waals surface area (Å²) in [5.74, 6) is 1.80. The van der Waals surface area contributed by atoms with Gasteiger partial charge in [-0.05, 0) is 90.6 Å². The summed E-state index contributed by atoms with van der Waals surface area (Å²) in [7, 11) is 0. The third-order valence-electron chi connectivity index (χ3n) is 13.5. The van der Waals surface area contributed by atoms with Crippen molar-refractivity contribution in [3.63, 3.8) is 0 Å². The van der Waals surface area contributed by atoms with Crippen LogP contribution >= 0.6 is 0 Å². The van der Waals surface area contributed by atoms with Crippen LogP contribution in [0.2, 0.25) is 0 Å². The van der Waals surface area contributed by atoms with Crippen LogP contribution in [-0.2, 0) is 0 Å². The van der Waals surface area contributed by atoms with Gasteiger partial charge in [-0.1, -0.05) is 188 Å². The number of fused-ring (bicyclic) bond motifs is 14. The van der Waals surface area contributed by atoms with Gasteiger partial charge in [0.15, 0.2) is 11.6 Å². The zero-order chi connectivity index (χ0) is 43.3. The van der Waals surface area contributed by atoms with Gasteiger partial charge in [0, 0.05) is 38.4 Å². The summed E-state index contributed by atoms with van der Waals surface area (Å²) >= 11 is 0. The highest BCUT2D eigenvalue weighted by Gasteiger charge is 2.24. The van der Waals surface area contributed by atoms with E-state index >= 15 is 0 Å². The van der Waals surface area contributed by atoms with Gasteiger partial charge in [-0.15, -0.1) is 0 Å². The molecule has 0 spiro atoms. The average molecular weight is 840 g/mol. The van der Waals surface area contributed by atoms with Crippen LogP contribution in [0.3, 0.4) is 0 Å². The highest BCUT2D eigenvalue weighted by atomic mass is 15.2. The standard InChI is InChI=1S/C61H37N5/c1-2-15-40(16-3-1)59-62-60(43-27-26-38-14-4-5-17-41(38)36-43)64-61(63-59)66-56-25-13-11-23-51(56)53-35-34-52-50-22-10-12-24-55(50)65(57(52)58(53)66)44-31-28-39(29-32-44)42-30-33-49-47-20-7-6-18-45(47)46-19-8-9-21-48(46)54(49)37-42/h1-37H. The predicted molar refractivity (Wildman–Crippen MR) is 275 cm³/mol. The molecule has 66 heavy (non-hydrogen) atoms. The van der Waals surface area contributed by atoms with E-state index in [1.165, 1.54) is 48.7 Å². The van der Waals surface area contributed by atoms with Gasteiger partial charge in [0.25, 0.3) is 0 Å². The van der Waals surface area contributed by atoms with Gasteiger partial charge in [-0.2, -0.15) is 9.97 Å². The summed E-state index contributed by atoms with van der Waals surface area (Å²) in [5.41, 5.74) is 9.57. The topological polar surface area (TPSA) is 48.5 Å². The maximum atomic E-state index is 5.38. The normalized spacial score (nSPS) is 11.9. The van der Waals surface area contributed by atoms with Gasteiger partial charge in [-0.3, -0.25) is 4.57 Å². The van der Waals surface area contributed by atoms with Crippen molar-refractivity contribution in [1.29, 1.82) is 0 Å². The maximum Gasteiger partial charge on any atom is 0.238 e. The first-order valence-corrected chi connectivity index (χ1v) is 22.4. The minimum Gasteiger partial charge on any atom is -0.307 e. The number of nitrogens with zero attached hydrogens (tertiary/aromatic N) is 5. The highest BCUT2D eigenvalue weighted by Crippen LogP contribution is 2.43. The Morgan fingerprint density at radius 1 is 0.258 bits per heavy atom. The van der Waals surface area contributed by atoms with Gasteiger partial charge in [0.2, 0.25) is 5.95 Å². The molecule has 0 bridgehead atoms. The van der Waals surface area contributed by atoms with E-state index in [1.54, 1.807) is 0 Å². The van der Waals surface area contributed by atoms with E-state index < -0.39 is 0 Å². The third kappa shape index (κ3) is 5.50. The second-order valence-corrected chi connectivity index (χ2v) is 17.2. The lowest BCUT2D eigenvalue weighted by atomic mass is 9.92. The molecule has 0 fully saturated rings. The van der Waals surface area contributed by atoms with Crippen LogP contribution < -0.4 is 0 Å². The molecule has 0 aliphatic heterocycles. The van der Waals surface area contributed by atoms with Crippen molar-refractivity contribution in [2.24, 2.45) is 0 Å². The Morgan fingerprint density at radius 2 is 0.727 bits per heavy atom. The molecule has 14 rings (SSSR count). The van der Waals surface area contributed by atoms with Crippen LogP contribution in [0.1, 0.15) is 0 Å². The quantitative estimate of drug-likeness (QED) is 0.162.